The van der Waals surface area contributed by atoms with Gasteiger partial charge in [-0.3, -0.25) is 0 Å². The van der Waals surface area contributed by atoms with Crippen molar-refractivity contribution < 1.29 is 20.4 Å². The van der Waals surface area contributed by atoms with Crippen molar-refractivity contribution in [1.29, 1.82) is 0 Å². The van der Waals surface area contributed by atoms with Gasteiger partial charge in [0.15, 0.2) is 0 Å². The molecule has 0 saturated carbocycles. The summed E-state index contributed by atoms with van der Waals surface area (Å²) in [7, 11) is 0. The van der Waals surface area contributed by atoms with Gasteiger partial charge in [-0.15, -0.1) is 0 Å². The molecule has 4 N–H and O–H groups in total. The molecule has 0 saturated heterocycles. The molecule has 4 nitrogen and oxygen atoms in total. The molecule has 0 aliphatic carbocycles. The predicted octanol–water partition coefficient (Wildman–Crippen LogP) is -1.11. The Morgan fingerprint density at radius 1 is 0.727 bits per heavy atom. The predicted molar refractivity (Wildman–Crippen MR) is 42.1 cm³/mol. The van der Waals surface area contributed by atoms with E-state index >= 15 is 0 Å². The third-order valence-corrected chi connectivity index (χ3v) is 0.694. The Morgan fingerprint density at radius 2 is 1.09 bits per heavy atom. The standard InChI is InChI=1S/C4H8O2.C3H8O2/c5-3-1-2-4-6;4-2-1-3-5/h1-2,5-6H,3-4H2;4-5H,1-3H2. The van der Waals surface area contributed by atoms with Crippen LogP contribution in [0.15, 0.2) is 12.2 Å². The van der Waals surface area contributed by atoms with Gasteiger partial charge >= 0.3 is 0 Å². The number of hydrogen-bond donors (Lipinski definition) is 4. The van der Waals surface area contributed by atoms with Crippen LogP contribution in [-0.4, -0.2) is 46.9 Å². The van der Waals surface area contributed by atoms with Gasteiger partial charge in [-0.2, -0.15) is 0 Å². The highest BCUT2D eigenvalue weighted by Crippen LogP contribution is 1.65. The summed E-state index contributed by atoms with van der Waals surface area (Å²) in [6.07, 6.45) is 3.47. The molecule has 0 bridgehead atoms. The van der Waals surface area contributed by atoms with E-state index in [1.165, 1.54) is 12.2 Å². The lowest BCUT2D eigenvalue weighted by Crippen LogP contribution is -1.85. The zero-order valence-corrected chi connectivity index (χ0v) is 6.48. The van der Waals surface area contributed by atoms with E-state index in [1.54, 1.807) is 0 Å². The average Bonchev–Trinajstić information content (AvgIpc) is 2.04. The van der Waals surface area contributed by atoms with Crippen LogP contribution in [0.25, 0.3) is 0 Å². The molecule has 0 aromatic rings. The SMILES string of the molecule is OCC=CCO.OCCCO. The van der Waals surface area contributed by atoms with Gasteiger partial charge in [-0.05, 0) is 6.42 Å². The van der Waals surface area contributed by atoms with Crippen LogP contribution in [0.3, 0.4) is 0 Å². The number of rotatable bonds is 4. The van der Waals surface area contributed by atoms with E-state index in [9.17, 15) is 0 Å². The molecule has 0 amide bonds. The second-order valence-corrected chi connectivity index (χ2v) is 1.64. The fraction of sp³-hybridized carbons (Fsp3) is 0.714. The van der Waals surface area contributed by atoms with Gasteiger partial charge in [0.05, 0.1) is 13.2 Å². The molecule has 0 radical (unpaired) electrons. The minimum Gasteiger partial charge on any atom is -0.396 e. The second-order valence-electron chi connectivity index (χ2n) is 1.64. The monoisotopic (exact) mass is 164 g/mol. The summed E-state index contributed by atoms with van der Waals surface area (Å²) in [6, 6.07) is 0. The van der Waals surface area contributed by atoms with Crippen LogP contribution in [0.2, 0.25) is 0 Å². The van der Waals surface area contributed by atoms with E-state index in [-0.39, 0.29) is 26.4 Å². The van der Waals surface area contributed by atoms with Crippen molar-refractivity contribution in [1.82, 2.24) is 0 Å². The molecule has 4 heteroatoms. The molecule has 0 unspecified atom stereocenters. The van der Waals surface area contributed by atoms with Crippen LogP contribution in [0.1, 0.15) is 6.42 Å². The fourth-order valence-electron chi connectivity index (χ4n) is 0.220. The highest BCUT2D eigenvalue weighted by molar-refractivity contribution is 4.78. The molecule has 0 heterocycles. The van der Waals surface area contributed by atoms with E-state index in [0.29, 0.717) is 6.42 Å². The maximum absolute atomic E-state index is 8.00. The molecule has 0 rings (SSSR count). The Labute approximate surface area is 66.4 Å². The minimum absolute atomic E-state index is 0.0144. The van der Waals surface area contributed by atoms with Crippen LogP contribution in [0.5, 0.6) is 0 Å². The second kappa shape index (κ2) is 16.3. The molecule has 0 aliphatic rings. The van der Waals surface area contributed by atoms with Crippen molar-refractivity contribution in [2.75, 3.05) is 26.4 Å². The van der Waals surface area contributed by atoms with Gasteiger partial charge in [0.25, 0.3) is 0 Å². The lowest BCUT2D eigenvalue weighted by molar-refractivity contribution is 0.221. The summed E-state index contributed by atoms with van der Waals surface area (Å²) in [5, 5.41) is 31.8. The first-order valence-electron chi connectivity index (χ1n) is 3.41. The molecule has 11 heavy (non-hydrogen) atoms. The molecular formula is C7H16O4. The van der Waals surface area contributed by atoms with Crippen LogP contribution < -0.4 is 0 Å². The summed E-state index contributed by atoms with van der Waals surface area (Å²) in [5.41, 5.74) is 0. The summed E-state index contributed by atoms with van der Waals surface area (Å²) in [6.45, 7) is 0.216. The minimum atomic E-state index is 0.0144. The van der Waals surface area contributed by atoms with Gasteiger partial charge in [0, 0.05) is 13.2 Å². The van der Waals surface area contributed by atoms with Gasteiger partial charge in [0.1, 0.15) is 0 Å². The van der Waals surface area contributed by atoms with Gasteiger partial charge in [-0.25, -0.2) is 0 Å². The van der Waals surface area contributed by atoms with E-state index in [4.69, 9.17) is 20.4 Å². The zero-order valence-electron chi connectivity index (χ0n) is 6.48. The van der Waals surface area contributed by atoms with Crippen molar-refractivity contribution >= 4 is 0 Å². The highest BCUT2D eigenvalue weighted by atomic mass is 16.3. The van der Waals surface area contributed by atoms with Gasteiger partial charge in [-0.1, -0.05) is 12.2 Å². The molecule has 0 aromatic heterocycles. The van der Waals surface area contributed by atoms with E-state index < -0.39 is 0 Å². The fourth-order valence-corrected chi connectivity index (χ4v) is 0.220. The Hall–Kier alpha value is -0.420. The quantitative estimate of drug-likeness (QED) is 0.397. The first-order valence-corrected chi connectivity index (χ1v) is 3.41. The van der Waals surface area contributed by atoms with Gasteiger partial charge < -0.3 is 20.4 Å². The Balaban J connectivity index is 0. The molecule has 0 spiro atoms. The third kappa shape index (κ3) is 26.2. The van der Waals surface area contributed by atoms with Crippen molar-refractivity contribution in [2.24, 2.45) is 0 Å². The Kier molecular flexibility index (Phi) is 19.5. The highest BCUT2D eigenvalue weighted by Gasteiger charge is 1.70. The smallest absolute Gasteiger partial charge is 0.0613 e. The molecular weight excluding hydrogens is 148 g/mol. The van der Waals surface area contributed by atoms with Crippen molar-refractivity contribution in [2.45, 2.75) is 6.42 Å². The topological polar surface area (TPSA) is 80.9 Å². The molecule has 0 aromatic carbocycles. The number of aliphatic hydroxyl groups excluding tert-OH is 4. The Morgan fingerprint density at radius 3 is 1.18 bits per heavy atom. The lowest BCUT2D eigenvalue weighted by atomic mass is 10.5. The van der Waals surface area contributed by atoms with E-state index in [2.05, 4.69) is 0 Å². The summed E-state index contributed by atoms with van der Waals surface area (Å²) < 4.78 is 0. The zero-order chi connectivity index (χ0) is 8.95. The molecule has 0 fully saturated rings. The van der Waals surface area contributed by atoms with Crippen LogP contribution in [-0.2, 0) is 0 Å². The normalized spacial score (nSPS) is 9.45. The summed E-state index contributed by atoms with van der Waals surface area (Å²) in [5.74, 6) is 0. The van der Waals surface area contributed by atoms with Crippen LogP contribution in [0.4, 0.5) is 0 Å². The number of hydrogen-bond acceptors (Lipinski definition) is 4. The van der Waals surface area contributed by atoms with E-state index in [0.717, 1.165) is 0 Å². The van der Waals surface area contributed by atoms with Crippen molar-refractivity contribution in [3.05, 3.63) is 12.2 Å². The molecule has 68 valence electrons. The van der Waals surface area contributed by atoms with Crippen molar-refractivity contribution in [3.63, 3.8) is 0 Å². The maximum Gasteiger partial charge on any atom is 0.0613 e. The van der Waals surface area contributed by atoms with Gasteiger partial charge in [0.2, 0.25) is 0 Å². The first-order chi connectivity index (χ1) is 5.33. The van der Waals surface area contributed by atoms with Crippen LogP contribution in [0, 0.1) is 0 Å². The third-order valence-electron chi connectivity index (χ3n) is 0.694. The summed E-state index contributed by atoms with van der Waals surface area (Å²) in [4.78, 5) is 0. The molecule has 0 atom stereocenters. The number of aliphatic hydroxyl groups is 4. The van der Waals surface area contributed by atoms with Crippen LogP contribution >= 0.6 is 0 Å². The van der Waals surface area contributed by atoms with Crippen molar-refractivity contribution in [3.8, 4) is 0 Å². The molecule has 0 aliphatic heterocycles. The Bertz CT molecular complexity index is 64.8. The summed E-state index contributed by atoms with van der Waals surface area (Å²) >= 11 is 0. The maximum atomic E-state index is 8.00. The van der Waals surface area contributed by atoms with E-state index in [1.807, 2.05) is 0 Å². The largest absolute Gasteiger partial charge is 0.396 e. The average molecular weight is 164 g/mol. The lowest BCUT2D eigenvalue weighted by Gasteiger charge is -1.79. The first kappa shape index (κ1) is 13.2.